The predicted molar refractivity (Wildman–Crippen MR) is 185 cm³/mol. The van der Waals surface area contributed by atoms with E-state index in [-0.39, 0.29) is 19.0 Å². The number of urea groups is 1. The van der Waals surface area contributed by atoms with Crippen molar-refractivity contribution in [2.24, 2.45) is 28.4 Å². The van der Waals surface area contributed by atoms with Gasteiger partial charge in [0.1, 0.15) is 12.1 Å². The number of likely N-dealkylation sites (N-methyl/N-ethyl adjacent to an activating group) is 1. The lowest BCUT2D eigenvalue weighted by Gasteiger charge is -2.39. The summed E-state index contributed by atoms with van der Waals surface area (Å²) in [5.74, 6) is -5.07. The normalized spacial score (nSPS) is 21.3. The third-order valence-electron chi connectivity index (χ3n) is 9.66. The molecule has 14 nitrogen and oxygen atoms in total. The molecule has 5 atom stereocenters. The number of nitrogens with zero attached hydrogens (tertiary/aromatic N) is 3. The van der Waals surface area contributed by atoms with Gasteiger partial charge in [0.25, 0.3) is 16.1 Å². The average Bonchev–Trinajstić information content (AvgIpc) is 3.45. The van der Waals surface area contributed by atoms with Crippen LogP contribution >= 0.6 is 0 Å². The fraction of sp³-hybridized carbons (Fsp3) is 0.848. The molecule has 0 aliphatic carbocycles. The van der Waals surface area contributed by atoms with Gasteiger partial charge in [0.15, 0.2) is 0 Å². The van der Waals surface area contributed by atoms with Gasteiger partial charge in [-0.15, -0.1) is 0 Å². The van der Waals surface area contributed by atoms with Gasteiger partial charge < -0.3 is 26.6 Å². The van der Waals surface area contributed by atoms with Gasteiger partial charge in [0, 0.05) is 45.7 Å². The van der Waals surface area contributed by atoms with E-state index in [0.29, 0.717) is 19.5 Å². The van der Waals surface area contributed by atoms with Gasteiger partial charge in [-0.3, -0.25) is 19.2 Å². The fourth-order valence-electron chi connectivity index (χ4n) is 6.43. The third-order valence-corrected chi connectivity index (χ3v) is 11.6. The first-order chi connectivity index (χ1) is 23.2. The Labute approximate surface area is 300 Å². The van der Waals surface area contributed by atoms with Crippen molar-refractivity contribution in [2.45, 2.75) is 124 Å². The number of alkyl halides is 3. The summed E-state index contributed by atoms with van der Waals surface area (Å²) in [5, 5.41) is 7.84. The van der Waals surface area contributed by atoms with Gasteiger partial charge in [-0.1, -0.05) is 61.8 Å². The summed E-state index contributed by atoms with van der Waals surface area (Å²) in [5.41, 5.74) is 3.55. The van der Waals surface area contributed by atoms with Gasteiger partial charge in [-0.05, 0) is 48.3 Å². The highest BCUT2D eigenvalue weighted by Crippen LogP contribution is 2.34. The van der Waals surface area contributed by atoms with Gasteiger partial charge in [-0.25, -0.2) is 4.79 Å². The monoisotopic (exact) mass is 753 g/mol. The van der Waals surface area contributed by atoms with Crippen LogP contribution in [0.1, 0.15) is 93.9 Å². The first-order valence-corrected chi connectivity index (χ1v) is 18.9. The highest BCUT2D eigenvalue weighted by Gasteiger charge is 2.48. The summed E-state index contributed by atoms with van der Waals surface area (Å²) in [7, 11) is -2.33. The number of Topliss-reactive ketones (excluding diaryl/α,β-unsaturated/α-hetero) is 1. The molecule has 0 spiro atoms. The van der Waals surface area contributed by atoms with Crippen LogP contribution < -0.4 is 21.7 Å². The largest absolute Gasteiger partial charge is 0.389 e. The van der Waals surface area contributed by atoms with Gasteiger partial charge in [-0.2, -0.15) is 30.2 Å². The lowest BCUT2D eigenvalue weighted by Crippen LogP contribution is -2.62. The van der Waals surface area contributed by atoms with Crippen LogP contribution in [-0.4, -0.2) is 115 Å². The van der Waals surface area contributed by atoms with E-state index < -0.39 is 99.7 Å². The molecule has 2 fully saturated rings. The van der Waals surface area contributed by atoms with Crippen molar-refractivity contribution >= 4 is 39.7 Å². The SMILES string of the molecule is CC(C)C1CCN(C(=O)[C@@H](NC(=O)N[C@H](CN(C)S(=O)(=O)N2CCCCC2)C(C)(C)C)C(C)(C)C)[C@@H]1C(=O)NC(CCC(F)(F)F)C(=O)C(N)=O. The Kier molecular flexibility index (Phi) is 14.9. The summed E-state index contributed by atoms with van der Waals surface area (Å²) >= 11 is 0. The Morgan fingerprint density at radius 1 is 0.882 bits per heavy atom. The van der Waals surface area contributed by atoms with Crippen LogP contribution in [0, 0.1) is 22.7 Å². The molecule has 0 saturated carbocycles. The molecule has 0 aromatic rings. The summed E-state index contributed by atoms with van der Waals surface area (Å²) < 4.78 is 68.4. The highest BCUT2D eigenvalue weighted by atomic mass is 32.2. The minimum Gasteiger partial charge on any atom is -0.363 e. The molecule has 5 amide bonds. The summed E-state index contributed by atoms with van der Waals surface area (Å²) in [4.78, 5) is 66.9. The van der Waals surface area contributed by atoms with Crippen LogP contribution in [0.25, 0.3) is 0 Å². The molecule has 2 saturated heterocycles. The molecule has 0 bridgehead atoms. The lowest BCUT2D eigenvalue weighted by molar-refractivity contribution is -0.147. The van der Waals surface area contributed by atoms with Gasteiger partial charge in [0.2, 0.25) is 17.6 Å². The molecular weight excluding hydrogens is 695 g/mol. The van der Waals surface area contributed by atoms with Crippen molar-refractivity contribution in [1.82, 2.24) is 29.5 Å². The number of likely N-dealkylation sites (tertiary alicyclic amines) is 1. The third kappa shape index (κ3) is 12.3. The van der Waals surface area contributed by atoms with Crippen molar-refractivity contribution in [2.75, 3.05) is 33.2 Å². The number of hydrogen-bond acceptors (Lipinski definition) is 7. The first kappa shape index (κ1) is 44.2. The quantitative estimate of drug-likeness (QED) is 0.196. The standard InChI is InChI=1S/C33H58F3N7O7S/c1-20(2)21-14-18-43(24(21)28(46)38-22(25(44)27(37)45)13-15-33(34,35)36)29(47)26(32(6,7)8)40-30(48)39-23(31(3,4)5)19-41(9)51(49,50)42-16-11-10-12-17-42/h20-24,26H,10-19H2,1-9H3,(H2,37,45)(H,38,46)(H2,39,40,48)/t21?,22?,23-,24+,26-/m1/s1. The zero-order valence-electron chi connectivity index (χ0n) is 31.4. The Bertz CT molecular complexity index is 1370. The number of nitrogens with one attached hydrogen (secondary N) is 3. The second-order valence-electron chi connectivity index (χ2n) is 16.2. The van der Waals surface area contributed by atoms with Crippen molar-refractivity contribution in [3.8, 4) is 0 Å². The van der Waals surface area contributed by atoms with E-state index in [0.717, 1.165) is 19.3 Å². The molecule has 5 N–H and O–H groups in total. The van der Waals surface area contributed by atoms with Crippen molar-refractivity contribution in [1.29, 1.82) is 0 Å². The molecule has 294 valence electrons. The molecule has 51 heavy (non-hydrogen) atoms. The summed E-state index contributed by atoms with van der Waals surface area (Å²) in [6.45, 7) is 15.2. The highest BCUT2D eigenvalue weighted by molar-refractivity contribution is 7.86. The number of amides is 5. The van der Waals surface area contributed by atoms with Crippen LogP contribution in [0.2, 0.25) is 0 Å². The van der Waals surface area contributed by atoms with Crippen LogP contribution in [0.3, 0.4) is 0 Å². The van der Waals surface area contributed by atoms with E-state index in [1.807, 2.05) is 34.6 Å². The van der Waals surface area contributed by atoms with Crippen LogP contribution in [0.5, 0.6) is 0 Å². The Hall–Kier alpha value is -2.99. The van der Waals surface area contributed by atoms with E-state index in [2.05, 4.69) is 16.0 Å². The fourth-order valence-corrected chi connectivity index (χ4v) is 7.88. The minimum absolute atomic E-state index is 0.0478. The molecule has 18 heteroatoms. The number of carbonyl (C=O) groups is 5. The lowest BCUT2D eigenvalue weighted by atomic mass is 9.84. The number of carbonyl (C=O) groups excluding carboxylic acids is 5. The molecule has 2 heterocycles. The minimum atomic E-state index is -4.67. The Morgan fingerprint density at radius 3 is 1.92 bits per heavy atom. The van der Waals surface area contributed by atoms with Crippen molar-refractivity contribution < 1.29 is 45.6 Å². The average molecular weight is 754 g/mol. The number of rotatable bonds is 14. The number of primary amides is 1. The second-order valence-corrected chi connectivity index (χ2v) is 18.2. The van der Waals surface area contributed by atoms with E-state index in [1.54, 1.807) is 20.8 Å². The number of hydrogen-bond donors (Lipinski definition) is 4. The van der Waals surface area contributed by atoms with E-state index in [9.17, 15) is 45.6 Å². The summed E-state index contributed by atoms with van der Waals surface area (Å²) in [6.07, 6.45) is -4.22. The molecule has 2 aliphatic rings. The van der Waals surface area contributed by atoms with E-state index >= 15 is 0 Å². The molecule has 0 radical (unpaired) electrons. The smallest absolute Gasteiger partial charge is 0.363 e. The molecule has 2 unspecified atom stereocenters. The maximum atomic E-state index is 14.3. The van der Waals surface area contributed by atoms with Crippen LogP contribution in [-0.2, 0) is 29.4 Å². The number of nitrogens with two attached hydrogens (primary N) is 1. The molecule has 0 aromatic carbocycles. The van der Waals surface area contributed by atoms with Crippen LogP contribution in [0.4, 0.5) is 18.0 Å². The summed E-state index contributed by atoms with van der Waals surface area (Å²) in [6, 6.07) is -5.72. The maximum Gasteiger partial charge on any atom is 0.389 e. The Balaban J connectivity index is 2.34. The zero-order chi connectivity index (χ0) is 39.3. The molecular formula is C33H58F3N7O7S. The second kappa shape index (κ2) is 17.2. The number of ketones is 1. The topological polar surface area (TPSA) is 191 Å². The molecule has 2 aliphatic heterocycles. The first-order valence-electron chi connectivity index (χ1n) is 17.5. The van der Waals surface area contributed by atoms with Crippen molar-refractivity contribution in [3.05, 3.63) is 0 Å². The van der Waals surface area contributed by atoms with E-state index in [4.69, 9.17) is 5.73 Å². The van der Waals surface area contributed by atoms with Gasteiger partial charge >= 0.3 is 12.2 Å². The van der Waals surface area contributed by atoms with E-state index in [1.165, 1.54) is 20.6 Å². The number of halogens is 3. The predicted octanol–water partition coefficient (Wildman–Crippen LogP) is 2.53. The zero-order valence-corrected chi connectivity index (χ0v) is 32.2. The number of piperidine rings is 1. The van der Waals surface area contributed by atoms with Crippen LogP contribution in [0.15, 0.2) is 0 Å². The maximum absolute atomic E-state index is 14.3. The van der Waals surface area contributed by atoms with Crippen molar-refractivity contribution in [3.63, 3.8) is 0 Å². The molecule has 2 rings (SSSR count). The Morgan fingerprint density at radius 2 is 1.45 bits per heavy atom. The van der Waals surface area contributed by atoms with Gasteiger partial charge in [0.05, 0.1) is 6.04 Å². The molecule has 0 aromatic heterocycles.